The SMILES string of the molecule is CCCCCCCCCCCCCCCCCCCN1C=CN(C(C)C)C1CCCCCCCCCCCCCC. The molecule has 1 atom stereocenters. The van der Waals surface area contributed by atoms with Gasteiger partial charge in [0.1, 0.15) is 6.17 Å². The zero-order valence-electron chi connectivity index (χ0n) is 29.1. The van der Waals surface area contributed by atoms with Crippen molar-refractivity contribution in [2.45, 2.75) is 233 Å². The second-order valence-corrected chi connectivity index (χ2v) is 13.9. The molecule has 2 heteroatoms. The van der Waals surface area contributed by atoms with Crippen molar-refractivity contribution in [1.29, 1.82) is 0 Å². The molecule has 0 aromatic carbocycles. The van der Waals surface area contributed by atoms with Gasteiger partial charge in [0.2, 0.25) is 0 Å². The van der Waals surface area contributed by atoms with E-state index in [1.54, 1.807) is 0 Å². The zero-order chi connectivity index (χ0) is 29.6. The molecule has 0 saturated heterocycles. The summed E-state index contributed by atoms with van der Waals surface area (Å²) >= 11 is 0. The van der Waals surface area contributed by atoms with E-state index < -0.39 is 0 Å². The normalized spacial score (nSPS) is 15.2. The van der Waals surface area contributed by atoms with Gasteiger partial charge >= 0.3 is 0 Å². The lowest BCUT2D eigenvalue weighted by molar-refractivity contribution is 0.114. The Labute approximate surface area is 260 Å². The molecule has 0 aromatic rings. The molecule has 1 heterocycles. The summed E-state index contributed by atoms with van der Waals surface area (Å²) in [5.41, 5.74) is 0. The van der Waals surface area contributed by atoms with Gasteiger partial charge in [-0.25, -0.2) is 0 Å². The molecule has 1 aliphatic rings. The van der Waals surface area contributed by atoms with Crippen molar-refractivity contribution in [3.05, 3.63) is 12.4 Å². The third-order valence-corrected chi connectivity index (χ3v) is 9.59. The van der Waals surface area contributed by atoms with Crippen LogP contribution in [0.25, 0.3) is 0 Å². The lowest BCUT2D eigenvalue weighted by Crippen LogP contribution is -2.42. The first-order valence-corrected chi connectivity index (χ1v) is 19.4. The first-order chi connectivity index (χ1) is 20.2. The van der Waals surface area contributed by atoms with Crippen LogP contribution in [-0.2, 0) is 0 Å². The fourth-order valence-electron chi connectivity index (χ4n) is 6.77. The summed E-state index contributed by atoms with van der Waals surface area (Å²) in [6.07, 6.45) is 48.7. The molecule has 0 N–H and O–H groups in total. The first-order valence-electron chi connectivity index (χ1n) is 19.4. The highest BCUT2D eigenvalue weighted by Crippen LogP contribution is 2.25. The average Bonchev–Trinajstić information content (AvgIpc) is 3.38. The van der Waals surface area contributed by atoms with Gasteiger partial charge in [-0.2, -0.15) is 0 Å². The zero-order valence-corrected chi connectivity index (χ0v) is 29.1. The number of nitrogens with zero attached hydrogens (tertiary/aromatic N) is 2. The molecular formula is C39H78N2. The molecular weight excluding hydrogens is 496 g/mol. The van der Waals surface area contributed by atoms with Gasteiger partial charge in [0, 0.05) is 25.0 Å². The summed E-state index contributed by atoms with van der Waals surface area (Å²) in [6, 6.07) is 0.606. The second-order valence-electron chi connectivity index (χ2n) is 13.9. The highest BCUT2D eigenvalue weighted by Gasteiger charge is 2.26. The van der Waals surface area contributed by atoms with E-state index in [-0.39, 0.29) is 0 Å². The molecule has 0 bridgehead atoms. The predicted molar refractivity (Wildman–Crippen MR) is 186 cm³/mol. The van der Waals surface area contributed by atoms with Gasteiger partial charge in [-0.15, -0.1) is 0 Å². The quantitative estimate of drug-likeness (QED) is 0.0737. The summed E-state index contributed by atoms with van der Waals surface area (Å²) in [5, 5.41) is 0. The van der Waals surface area contributed by atoms with Crippen molar-refractivity contribution in [3.63, 3.8) is 0 Å². The maximum absolute atomic E-state index is 2.67. The third kappa shape index (κ3) is 22.5. The fraction of sp³-hybridized carbons (Fsp3) is 0.949. The number of unbranched alkanes of at least 4 members (excludes halogenated alkanes) is 27. The summed E-state index contributed by atoms with van der Waals surface area (Å²) in [4.78, 5) is 5.29. The van der Waals surface area contributed by atoms with Crippen LogP contribution in [-0.4, -0.2) is 28.6 Å². The van der Waals surface area contributed by atoms with E-state index in [2.05, 4.69) is 49.9 Å². The molecule has 0 spiro atoms. The maximum Gasteiger partial charge on any atom is 0.101 e. The lowest BCUT2D eigenvalue weighted by atomic mass is 10.0. The Morgan fingerprint density at radius 3 is 1.07 bits per heavy atom. The van der Waals surface area contributed by atoms with Crippen LogP contribution in [0.5, 0.6) is 0 Å². The Morgan fingerprint density at radius 1 is 0.415 bits per heavy atom. The van der Waals surface area contributed by atoms with Crippen LogP contribution in [0.1, 0.15) is 220 Å². The molecule has 244 valence electrons. The minimum absolute atomic E-state index is 0.606. The Bertz CT molecular complexity index is 542. The Kier molecular flexibility index (Phi) is 27.5. The minimum atomic E-state index is 0.606. The number of hydrogen-bond donors (Lipinski definition) is 0. The van der Waals surface area contributed by atoms with Crippen molar-refractivity contribution >= 4 is 0 Å². The van der Waals surface area contributed by atoms with Crippen LogP contribution in [0.3, 0.4) is 0 Å². The van der Waals surface area contributed by atoms with Crippen LogP contribution in [0.15, 0.2) is 12.4 Å². The molecule has 2 nitrogen and oxygen atoms in total. The Morgan fingerprint density at radius 2 is 0.732 bits per heavy atom. The molecule has 0 aliphatic carbocycles. The smallest absolute Gasteiger partial charge is 0.101 e. The van der Waals surface area contributed by atoms with Crippen LogP contribution in [0, 0.1) is 0 Å². The average molecular weight is 575 g/mol. The van der Waals surface area contributed by atoms with Crippen LogP contribution >= 0.6 is 0 Å². The van der Waals surface area contributed by atoms with E-state index in [0.29, 0.717) is 12.2 Å². The summed E-state index contributed by atoms with van der Waals surface area (Å²) in [7, 11) is 0. The van der Waals surface area contributed by atoms with Crippen LogP contribution in [0.4, 0.5) is 0 Å². The van der Waals surface area contributed by atoms with E-state index >= 15 is 0 Å². The van der Waals surface area contributed by atoms with E-state index in [1.807, 2.05) is 0 Å². The molecule has 0 aromatic heterocycles. The summed E-state index contributed by atoms with van der Waals surface area (Å²) in [6.45, 7) is 10.6. The predicted octanol–water partition coefficient (Wildman–Crippen LogP) is 13.6. The standard InChI is InChI=1S/C39H78N2/c1-5-7-9-11-13-15-17-19-20-21-22-23-25-27-29-31-33-35-40-36-37-41(38(3)4)39(40)34-32-30-28-26-24-18-16-14-12-10-8-6-2/h36-39H,5-35H2,1-4H3. The van der Waals surface area contributed by atoms with E-state index in [4.69, 9.17) is 0 Å². The highest BCUT2D eigenvalue weighted by molar-refractivity contribution is 4.98. The van der Waals surface area contributed by atoms with Crippen molar-refractivity contribution in [1.82, 2.24) is 9.80 Å². The van der Waals surface area contributed by atoms with Crippen molar-refractivity contribution < 1.29 is 0 Å². The molecule has 1 aliphatic heterocycles. The largest absolute Gasteiger partial charge is 0.356 e. The van der Waals surface area contributed by atoms with Crippen LogP contribution < -0.4 is 0 Å². The second kappa shape index (κ2) is 29.4. The lowest BCUT2D eigenvalue weighted by Gasteiger charge is -2.35. The molecule has 0 radical (unpaired) electrons. The van der Waals surface area contributed by atoms with Gasteiger partial charge in [0.05, 0.1) is 0 Å². The molecule has 41 heavy (non-hydrogen) atoms. The van der Waals surface area contributed by atoms with Gasteiger partial charge in [-0.05, 0) is 33.1 Å². The summed E-state index contributed by atoms with van der Waals surface area (Å²) in [5.74, 6) is 0. The van der Waals surface area contributed by atoms with Gasteiger partial charge < -0.3 is 9.80 Å². The number of rotatable bonds is 32. The highest BCUT2D eigenvalue weighted by atomic mass is 15.4. The molecule has 0 saturated carbocycles. The number of hydrogen-bond acceptors (Lipinski definition) is 2. The van der Waals surface area contributed by atoms with E-state index in [1.165, 1.54) is 199 Å². The van der Waals surface area contributed by atoms with Crippen molar-refractivity contribution in [3.8, 4) is 0 Å². The Hall–Kier alpha value is -0.660. The molecule has 1 unspecified atom stereocenters. The van der Waals surface area contributed by atoms with Gasteiger partial charge in [0.15, 0.2) is 0 Å². The fourth-order valence-corrected chi connectivity index (χ4v) is 6.77. The monoisotopic (exact) mass is 575 g/mol. The topological polar surface area (TPSA) is 6.48 Å². The van der Waals surface area contributed by atoms with E-state index in [9.17, 15) is 0 Å². The first kappa shape index (κ1) is 38.4. The van der Waals surface area contributed by atoms with E-state index in [0.717, 1.165) is 0 Å². The van der Waals surface area contributed by atoms with Crippen LogP contribution in [0.2, 0.25) is 0 Å². The summed E-state index contributed by atoms with van der Waals surface area (Å²) < 4.78 is 0. The third-order valence-electron chi connectivity index (χ3n) is 9.59. The minimum Gasteiger partial charge on any atom is -0.356 e. The molecule has 1 rings (SSSR count). The van der Waals surface area contributed by atoms with Gasteiger partial charge in [-0.1, -0.05) is 187 Å². The molecule has 0 fully saturated rings. The molecule has 0 amide bonds. The van der Waals surface area contributed by atoms with Crippen molar-refractivity contribution in [2.75, 3.05) is 6.54 Å². The maximum atomic E-state index is 2.67. The van der Waals surface area contributed by atoms with Crippen molar-refractivity contribution in [2.24, 2.45) is 0 Å². The Balaban J connectivity index is 1.97. The van der Waals surface area contributed by atoms with Gasteiger partial charge in [0.25, 0.3) is 0 Å². The van der Waals surface area contributed by atoms with Gasteiger partial charge in [-0.3, -0.25) is 0 Å².